The number of benzene rings is 1. The Balaban J connectivity index is 2.00. The van der Waals surface area contributed by atoms with Crippen molar-refractivity contribution in [1.82, 2.24) is 19.7 Å². The fourth-order valence-corrected chi connectivity index (χ4v) is 2.07. The number of unbranched alkanes of at least 4 members (excludes halogenated alkanes) is 1. The summed E-state index contributed by atoms with van der Waals surface area (Å²) in [5.41, 5.74) is 1.01. The molecule has 0 aliphatic heterocycles. The molecule has 1 heterocycles. The van der Waals surface area contributed by atoms with E-state index < -0.39 is 0 Å². The molecule has 0 spiro atoms. The van der Waals surface area contributed by atoms with Crippen LogP contribution >= 0.6 is 0 Å². The van der Waals surface area contributed by atoms with Crippen molar-refractivity contribution < 1.29 is 5.11 Å². The Bertz CT molecular complexity index is 498. The van der Waals surface area contributed by atoms with Crippen molar-refractivity contribution in [1.29, 1.82) is 0 Å². The monoisotopic (exact) mass is 274 g/mol. The van der Waals surface area contributed by atoms with Gasteiger partial charge in [0, 0.05) is 6.54 Å². The van der Waals surface area contributed by atoms with Crippen LogP contribution < -0.4 is 0 Å². The second kappa shape index (κ2) is 7.77. The first kappa shape index (κ1) is 14.7. The van der Waals surface area contributed by atoms with Gasteiger partial charge in [0.2, 0.25) is 0 Å². The zero-order valence-electron chi connectivity index (χ0n) is 11.9. The van der Waals surface area contributed by atoms with E-state index in [2.05, 4.69) is 21.9 Å². The molecule has 20 heavy (non-hydrogen) atoms. The van der Waals surface area contributed by atoms with Gasteiger partial charge >= 0.3 is 0 Å². The summed E-state index contributed by atoms with van der Waals surface area (Å²) in [4.78, 5) is 6.54. The highest BCUT2D eigenvalue weighted by Gasteiger charge is 2.09. The van der Waals surface area contributed by atoms with Crippen LogP contribution in [0.2, 0.25) is 0 Å². The number of rotatable bonds is 8. The van der Waals surface area contributed by atoms with E-state index in [-0.39, 0.29) is 6.61 Å². The van der Waals surface area contributed by atoms with E-state index >= 15 is 0 Å². The van der Waals surface area contributed by atoms with Crippen molar-refractivity contribution in [3.05, 3.63) is 42.5 Å². The minimum absolute atomic E-state index is 0.170. The fraction of sp³-hybridized carbons (Fsp3) is 0.467. The first-order chi connectivity index (χ1) is 9.83. The molecule has 0 atom stereocenters. The molecule has 1 aromatic carbocycles. The van der Waals surface area contributed by atoms with Crippen LogP contribution in [0.4, 0.5) is 0 Å². The van der Waals surface area contributed by atoms with Crippen LogP contribution in [0, 0.1) is 0 Å². The number of nitrogens with zero attached hydrogens (tertiary/aromatic N) is 4. The highest BCUT2D eigenvalue weighted by Crippen LogP contribution is 2.06. The highest BCUT2D eigenvalue weighted by molar-refractivity contribution is 5.29. The fourth-order valence-electron chi connectivity index (χ4n) is 2.07. The molecule has 1 aromatic heterocycles. The smallest absolute Gasteiger partial charge is 0.164 e. The largest absolute Gasteiger partial charge is 0.395 e. The Morgan fingerprint density at radius 3 is 2.70 bits per heavy atom. The minimum Gasteiger partial charge on any atom is -0.395 e. The molecule has 2 rings (SSSR count). The standard InChI is InChI=1S/C15H22N4O/c1-2-3-9-18(10-11-20)12-15-16-13-19(17-15)14-7-5-4-6-8-14/h4-8,13,20H,2-3,9-12H2,1H3. The summed E-state index contributed by atoms with van der Waals surface area (Å²) < 4.78 is 1.78. The Kier molecular flexibility index (Phi) is 5.70. The lowest BCUT2D eigenvalue weighted by atomic mass is 10.3. The Labute approximate surface area is 119 Å². The van der Waals surface area contributed by atoms with Crippen LogP contribution in [-0.4, -0.2) is 44.5 Å². The van der Waals surface area contributed by atoms with Crippen molar-refractivity contribution in [3.63, 3.8) is 0 Å². The van der Waals surface area contributed by atoms with Gasteiger partial charge in [-0.25, -0.2) is 9.67 Å². The summed E-state index contributed by atoms with van der Waals surface area (Å²) in [5.74, 6) is 0.790. The number of para-hydroxylation sites is 1. The molecule has 1 N–H and O–H groups in total. The third kappa shape index (κ3) is 4.15. The van der Waals surface area contributed by atoms with Crippen LogP contribution in [-0.2, 0) is 6.54 Å². The average Bonchev–Trinajstić information content (AvgIpc) is 2.94. The van der Waals surface area contributed by atoms with Gasteiger partial charge in [0.1, 0.15) is 6.33 Å². The number of aliphatic hydroxyl groups is 1. The van der Waals surface area contributed by atoms with Crippen LogP contribution in [0.1, 0.15) is 25.6 Å². The zero-order chi connectivity index (χ0) is 14.2. The van der Waals surface area contributed by atoms with Crippen molar-refractivity contribution in [2.24, 2.45) is 0 Å². The minimum atomic E-state index is 0.170. The number of hydrogen-bond donors (Lipinski definition) is 1. The van der Waals surface area contributed by atoms with Gasteiger partial charge < -0.3 is 5.11 Å². The van der Waals surface area contributed by atoms with Crippen LogP contribution in [0.15, 0.2) is 36.7 Å². The lowest BCUT2D eigenvalue weighted by Gasteiger charge is -2.18. The molecule has 0 amide bonds. The molecule has 5 heteroatoms. The quantitative estimate of drug-likeness (QED) is 0.798. The van der Waals surface area contributed by atoms with E-state index in [4.69, 9.17) is 5.11 Å². The Morgan fingerprint density at radius 1 is 1.20 bits per heavy atom. The summed E-state index contributed by atoms with van der Waals surface area (Å²) in [6.07, 6.45) is 4.01. The first-order valence-corrected chi connectivity index (χ1v) is 7.12. The molecule has 0 fully saturated rings. The molecule has 0 aliphatic carbocycles. The lowest BCUT2D eigenvalue weighted by Crippen LogP contribution is -2.28. The number of hydrogen-bond acceptors (Lipinski definition) is 4. The SMILES string of the molecule is CCCCN(CCO)Cc1ncn(-c2ccccc2)n1. The summed E-state index contributed by atoms with van der Waals surface area (Å²) >= 11 is 0. The van der Waals surface area contributed by atoms with E-state index in [1.807, 2.05) is 30.3 Å². The number of aromatic nitrogens is 3. The molecular weight excluding hydrogens is 252 g/mol. The van der Waals surface area contributed by atoms with Crippen LogP contribution in [0.25, 0.3) is 5.69 Å². The summed E-state index contributed by atoms with van der Waals surface area (Å²) in [7, 11) is 0. The van der Waals surface area contributed by atoms with E-state index in [0.717, 1.165) is 30.9 Å². The van der Waals surface area contributed by atoms with Gasteiger partial charge in [0.25, 0.3) is 0 Å². The predicted molar refractivity (Wildman–Crippen MR) is 78.6 cm³/mol. The second-order valence-electron chi connectivity index (χ2n) is 4.79. The average molecular weight is 274 g/mol. The topological polar surface area (TPSA) is 54.2 Å². The second-order valence-corrected chi connectivity index (χ2v) is 4.79. The summed E-state index contributed by atoms with van der Waals surface area (Å²) in [5, 5.41) is 13.6. The summed E-state index contributed by atoms with van der Waals surface area (Å²) in [6, 6.07) is 9.95. The Morgan fingerprint density at radius 2 is 2.00 bits per heavy atom. The molecule has 108 valence electrons. The molecule has 0 bridgehead atoms. The van der Waals surface area contributed by atoms with Gasteiger partial charge in [-0.3, -0.25) is 4.90 Å². The lowest BCUT2D eigenvalue weighted by molar-refractivity contribution is 0.185. The molecule has 0 saturated carbocycles. The molecule has 0 saturated heterocycles. The van der Waals surface area contributed by atoms with Crippen molar-refractivity contribution in [2.45, 2.75) is 26.3 Å². The third-order valence-corrected chi connectivity index (χ3v) is 3.17. The van der Waals surface area contributed by atoms with E-state index in [1.54, 1.807) is 11.0 Å². The van der Waals surface area contributed by atoms with E-state index in [9.17, 15) is 0 Å². The zero-order valence-corrected chi connectivity index (χ0v) is 11.9. The molecule has 5 nitrogen and oxygen atoms in total. The van der Waals surface area contributed by atoms with Crippen molar-refractivity contribution >= 4 is 0 Å². The molecule has 0 radical (unpaired) electrons. The van der Waals surface area contributed by atoms with Crippen molar-refractivity contribution in [3.8, 4) is 5.69 Å². The van der Waals surface area contributed by atoms with Gasteiger partial charge in [0.15, 0.2) is 5.82 Å². The van der Waals surface area contributed by atoms with Gasteiger partial charge in [-0.05, 0) is 25.1 Å². The third-order valence-electron chi connectivity index (χ3n) is 3.17. The highest BCUT2D eigenvalue weighted by atomic mass is 16.3. The van der Waals surface area contributed by atoms with Crippen molar-refractivity contribution in [2.75, 3.05) is 19.7 Å². The van der Waals surface area contributed by atoms with E-state index in [0.29, 0.717) is 13.1 Å². The van der Waals surface area contributed by atoms with Gasteiger partial charge in [0.05, 0.1) is 18.8 Å². The maximum absolute atomic E-state index is 9.11. The summed E-state index contributed by atoms with van der Waals surface area (Å²) in [6.45, 7) is 4.65. The van der Waals surface area contributed by atoms with Gasteiger partial charge in [-0.2, -0.15) is 0 Å². The van der Waals surface area contributed by atoms with Gasteiger partial charge in [-0.15, -0.1) is 5.10 Å². The van der Waals surface area contributed by atoms with Crippen LogP contribution in [0.3, 0.4) is 0 Å². The molecule has 2 aromatic rings. The predicted octanol–water partition coefficient (Wildman–Crippen LogP) is 1.86. The molecular formula is C15H22N4O. The molecule has 0 unspecified atom stereocenters. The number of aliphatic hydroxyl groups excluding tert-OH is 1. The Hall–Kier alpha value is -1.72. The molecule has 0 aliphatic rings. The van der Waals surface area contributed by atoms with Crippen LogP contribution in [0.5, 0.6) is 0 Å². The van der Waals surface area contributed by atoms with Gasteiger partial charge in [-0.1, -0.05) is 31.5 Å². The van der Waals surface area contributed by atoms with E-state index in [1.165, 1.54) is 0 Å². The maximum Gasteiger partial charge on any atom is 0.164 e. The first-order valence-electron chi connectivity index (χ1n) is 7.12. The normalized spacial score (nSPS) is 11.2. The maximum atomic E-state index is 9.11.